The van der Waals surface area contributed by atoms with E-state index in [1.54, 1.807) is 23.5 Å². The lowest BCUT2D eigenvalue weighted by atomic mass is 10.2. The summed E-state index contributed by atoms with van der Waals surface area (Å²) in [7, 11) is 0. The molecule has 25 heavy (non-hydrogen) atoms. The second kappa shape index (κ2) is 6.85. The number of benzene rings is 1. The number of rotatable bonds is 3. The van der Waals surface area contributed by atoms with Crippen LogP contribution in [0.25, 0.3) is 17.0 Å². The third-order valence-electron chi connectivity index (χ3n) is 3.82. The number of nitrogens with zero attached hydrogens (tertiary/aromatic N) is 3. The van der Waals surface area contributed by atoms with Gasteiger partial charge in [-0.2, -0.15) is 0 Å². The molecule has 128 valence electrons. The van der Waals surface area contributed by atoms with E-state index in [2.05, 4.69) is 38.7 Å². The number of halogens is 1. The van der Waals surface area contributed by atoms with E-state index in [0.717, 1.165) is 33.5 Å². The quantitative estimate of drug-likeness (QED) is 0.455. The summed E-state index contributed by atoms with van der Waals surface area (Å²) < 4.78 is 2.07. The first-order chi connectivity index (χ1) is 11.6. The van der Waals surface area contributed by atoms with Gasteiger partial charge in [0.1, 0.15) is 17.1 Å². The fraction of sp³-hybridized carbons (Fsp3) is 0.111. The van der Waals surface area contributed by atoms with Crippen molar-refractivity contribution < 1.29 is 5.11 Å². The predicted molar refractivity (Wildman–Crippen MR) is 107 cm³/mol. The monoisotopic (exact) mass is 416 g/mol. The van der Waals surface area contributed by atoms with Crippen molar-refractivity contribution >= 4 is 44.8 Å². The number of hydrogen-bond acceptors (Lipinski definition) is 5. The standard InChI is InChI=1S/C18H16N4OS.BrH/c1-11-7-8-22-16(9-11)19-12(2)17(22)15-10-24-18(21-15)20-13-3-5-14(23)6-4-13;/h3-10,23H,1-2H3,(H,20,21);1H. The van der Waals surface area contributed by atoms with E-state index in [0.29, 0.717) is 0 Å². The van der Waals surface area contributed by atoms with Crippen LogP contribution in [0.15, 0.2) is 48.0 Å². The van der Waals surface area contributed by atoms with Gasteiger partial charge in [0.05, 0.1) is 11.4 Å². The van der Waals surface area contributed by atoms with E-state index in [-0.39, 0.29) is 22.7 Å². The highest BCUT2D eigenvalue weighted by Gasteiger charge is 2.14. The molecule has 0 bridgehead atoms. The Hall–Kier alpha value is -2.38. The fourth-order valence-corrected chi connectivity index (χ4v) is 3.40. The molecule has 2 N–H and O–H groups in total. The lowest BCUT2D eigenvalue weighted by Crippen LogP contribution is -1.92. The molecule has 0 spiro atoms. The van der Waals surface area contributed by atoms with Crippen molar-refractivity contribution in [2.75, 3.05) is 5.32 Å². The van der Waals surface area contributed by atoms with E-state index >= 15 is 0 Å². The van der Waals surface area contributed by atoms with Gasteiger partial charge in [-0.25, -0.2) is 9.97 Å². The van der Waals surface area contributed by atoms with E-state index in [1.807, 2.05) is 30.6 Å². The number of aromatic nitrogens is 3. The number of aromatic hydroxyl groups is 1. The van der Waals surface area contributed by atoms with Crippen LogP contribution in [-0.2, 0) is 0 Å². The summed E-state index contributed by atoms with van der Waals surface area (Å²) in [6, 6.07) is 11.1. The molecule has 0 unspecified atom stereocenters. The molecular formula is C18H17BrN4OS. The van der Waals surface area contributed by atoms with Crippen LogP contribution in [0.1, 0.15) is 11.3 Å². The first-order valence-corrected chi connectivity index (χ1v) is 8.45. The summed E-state index contributed by atoms with van der Waals surface area (Å²) in [4.78, 5) is 9.32. The maximum atomic E-state index is 9.35. The number of anilines is 2. The van der Waals surface area contributed by atoms with Crippen LogP contribution < -0.4 is 5.32 Å². The SMILES string of the molecule is Br.Cc1ccn2c(-c3csc(Nc4ccc(O)cc4)n3)c(C)nc2c1. The minimum absolute atomic E-state index is 0. The summed E-state index contributed by atoms with van der Waals surface area (Å²) >= 11 is 1.54. The topological polar surface area (TPSA) is 62.5 Å². The van der Waals surface area contributed by atoms with E-state index in [9.17, 15) is 5.11 Å². The van der Waals surface area contributed by atoms with Gasteiger partial charge in [-0.15, -0.1) is 28.3 Å². The van der Waals surface area contributed by atoms with Gasteiger partial charge < -0.3 is 10.4 Å². The van der Waals surface area contributed by atoms with Crippen LogP contribution in [0.3, 0.4) is 0 Å². The van der Waals surface area contributed by atoms with Gasteiger partial charge >= 0.3 is 0 Å². The van der Waals surface area contributed by atoms with Crippen LogP contribution in [0.4, 0.5) is 10.8 Å². The van der Waals surface area contributed by atoms with Crippen molar-refractivity contribution in [3.05, 3.63) is 59.2 Å². The van der Waals surface area contributed by atoms with Crippen LogP contribution in [0.2, 0.25) is 0 Å². The molecule has 0 saturated heterocycles. The van der Waals surface area contributed by atoms with Crippen LogP contribution in [0, 0.1) is 13.8 Å². The molecule has 3 aromatic heterocycles. The van der Waals surface area contributed by atoms with E-state index in [4.69, 9.17) is 0 Å². The first kappa shape index (κ1) is 17.4. The number of fused-ring (bicyclic) bond motifs is 1. The van der Waals surface area contributed by atoms with Crippen molar-refractivity contribution in [3.8, 4) is 17.1 Å². The number of phenols is 1. The Morgan fingerprint density at radius 2 is 1.84 bits per heavy atom. The fourth-order valence-electron chi connectivity index (χ4n) is 2.68. The van der Waals surface area contributed by atoms with Gasteiger partial charge in [-0.3, -0.25) is 4.40 Å². The Balaban J connectivity index is 0.00000182. The molecule has 0 radical (unpaired) electrons. The second-order valence-corrected chi connectivity index (χ2v) is 6.55. The number of thiazole rings is 1. The summed E-state index contributed by atoms with van der Waals surface area (Å²) in [5.41, 5.74) is 5.88. The van der Waals surface area contributed by atoms with Gasteiger partial charge in [-0.1, -0.05) is 0 Å². The van der Waals surface area contributed by atoms with Gasteiger partial charge in [0.15, 0.2) is 5.13 Å². The molecule has 0 saturated carbocycles. The van der Waals surface area contributed by atoms with E-state index in [1.165, 1.54) is 5.56 Å². The number of phenolic OH excluding ortho intramolecular Hbond substituents is 1. The van der Waals surface area contributed by atoms with Gasteiger partial charge in [0, 0.05) is 17.3 Å². The molecule has 0 aliphatic carbocycles. The minimum atomic E-state index is 0. The zero-order valence-corrected chi connectivity index (χ0v) is 16.3. The summed E-state index contributed by atoms with van der Waals surface area (Å²) in [6.45, 7) is 4.07. The normalized spacial score (nSPS) is 10.6. The summed E-state index contributed by atoms with van der Waals surface area (Å²) in [6.07, 6.45) is 2.03. The lowest BCUT2D eigenvalue weighted by Gasteiger charge is -2.02. The average Bonchev–Trinajstić information content (AvgIpc) is 3.12. The Bertz CT molecular complexity index is 1020. The third-order valence-corrected chi connectivity index (χ3v) is 4.58. The highest BCUT2D eigenvalue weighted by Crippen LogP contribution is 2.30. The molecule has 4 rings (SSSR count). The predicted octanol–water partition coefficient (Wildman–Crippen LogP) is 5.10. The van der Waals surface area contributed by atoms with Crippen molar-refractivity contribution in [1.29, 1.82) is 0 Å². The molecular weight excluding hydrogens is 400 g/mol. The van der Waals surface area contributed by atoms with Gasteiger partial charge in [0.25, 0.3) is 0 Å². The molecule has 0 aliphatic rings. The lowest BCUT2D eigenvalue weighted by molar-refractivity contribution is 0.475. The zero-order chi connectivity index (χ0) is 16.7. The zero-order valence-electron chi connectivity index (χ0n) is 13.7. The van der Waals surface area contributed by atoms with Gasteiger partial charge in [-0.05, 0) is 55.8 Å². The average molecular weight is 417 g/mol. The van der Waals surface area contributed by atoms with E-state index < -0.39 is 0 Å². The Morgan fingerprint density at radius 3 is 2.60 bits per heavy atom. The summed E-state index contributed by atoms with van der Waals surface area (Å²) in [5, 5.41) is 15.4. The molecule has 3 heterocycles. The molecule has 1 aromatic carbocycles. The van der Waals surface area contributed by atoms with Crippen molar-refractivity contribution in [3.63, 3.8) is 0 Å². The highest BCUT2D eigenvalue weighted by molar-refractivity contribution is 8.93. The first-order valence-electron chi connectivity index (χ1n) is 7.57. The van der Waals surface area contributed by atoms with Crippen molar-refractivity contribution in [1.82, 2.24) is 14.4 Å². The van der Waals surface area contributed by atoms with Crippen LogP contribution >= 0.6 is 28.3 Å². The molecule has 0 fully saturated rings. The highest BCUT2D eigenvalue weighted by atomic mass is 79.9. The molecule has 0 atom stereocenters. The molecule has 0 amide bonds. The van der Waals surface area contributed by atoms with Crippen LogP contribution in [0.5, 0.6) is 5.75 Å². The smallest absolute Gasteiger partial charge is 0.187 e. The maximum absolute atomic E-state index is 9.35. The largest absolute Gasteiger partial charge is 0.508 e. The number of nitrogens with one attached hydrogen (secondary N) is 1. The van der Waals surface area contributed by atoms with Gasteiger partial charge in [0.2, 0.25) is 0 Å². The Morgan fingerprint density at radius 1 is 1.08 bits per heavy atom. The molecule has 0 aliphatic heterocycles. The molecule has 5 nitrogen and oxygen atoms in total. The Labute approximate surface area is 159 Å². The van der Waals surface area contributed by atoms with Crippen LogP contribution in [-0.4, -0.2) is 19.5 Å². The number of imidazole rings is 1. The number of pyridine rings is 1. The molecule has 7 heteroatoms. The Kier molecular flexibility index (Phi) is 4.78. The number of aryl methyl sites for hydroxylation is 2. The summed E-state index contributed by atoms with van der Waals surface area (Å²) in [5.74, 6) is 0.247. The maximum Gasteiger partial charge on any atom is 0.187 e. The molecule has 4 aromatic rings. The van der Waals surface area contributed by atoms with Crippen molar-refractivity contribution in [2.45, 2.75) is 13.8 Å². The second-order valence-electron chi connectivity index (χ2n) is 5.69. The van der Waals surface area contributed by atoms with Crippen molar-refractivity contribution in [2.24, 2.45) is 0 Å². The number of hydrogen-bond donors (Lipinski definition) is 2. The third kappa shape index (κ3) is 3.38. The minimum Gasteiger partial charge on any atom is -0.508 e.